The summed E-state index contributed by atoms with van der Waals surface area (Å²) in [5, 5.41) is 13.8. The van der Waals surface area contributed by atoms with Crippen molar-refractivity contribution in [1.29, 1.82) is 0 Å². The second-order valence-electron chi connectivity index (χ2n) is 5.92. The molecule has 0 saturated carbocycles. The maximum absolute atomic E-state index is 12.8. The van der Waals surface area contributed by atoms with E-state index in [1.807, 2.05) is 12.3 Å². The van der Waals surface area contributed by atoms with Crippen LogP contribution in [0.2, 0.25) is 0 Å². The van der Waals surface area contributed by atoms with Gasteiger partial charge in [0.25, 0.3) is 5.56 Å². The fourth-order valence-corrected chi connectivity index (χ4v) is 4.48. The lowest BCUT2D eigenvalue weighted by Crippen LogP contribution is -2.21. The third-order valence-electron chi connectivity index (χ3n) is 4.15. The highest BCUT2D eigenvalue weighted by Gasteiger charge is 2.30. The summed E-state index contributed by atoms with van der Waals surface area (Å²) in [6.07, 6.45) is -4.41. The number of tetrazole rings is 1. The number of thiophene rings is 1. The molecule has 0 unspecified atom stereocenters. The summed E-state index contributed by atoms with van der Waals surface area (Å²) in [6, 6.07) is 6.37. The molecule has 0 spiro atoms. The fraction of sp³-hybridized carbons (Fsp3) is 0.235. The Morgan fingerprint density at radius 2 is 1.93 bits per heavy atom. The van der Waals surface area contributed by atoms with E-state index in [0.29, 0.717) is 33.4 Å². The molecule has 3 aromatic heterocycles. The van der Waals surface area contributed by atoms with Crippen molar-refractivity contribution in [2.45, 2.75) is 30.6 Å². The van der Waals surface area contributed by atoms with E-state index in [1.54, 1.807) is 10.6 Å². The third kappa shape index (κ3) is 3.77. The Hall–Kier alpha value is -2.73. The molecule has 3 heterocycles. The molecule has 12 heteroatoms. The lowest BCUT2D eigenvalue weighted by molar-refractivity contribution is -0.137. The molecule has 0 aliphatic rings. The molecule has 0 radical (unpaired) electrons. The summed E-state index contributed by atoms with van der Waals surface area (Å²) in [7, 11) is 0. The minimum atomic E-state index is -4.41. The number of benzene rings is 1. The lowest BCUT2D eigenvalue weighted by atomic mass is 10.2. The molecular weight excluding hydrogens is 425 g/mol. The molecule has 0 aliphatic carbocycles. The molecule has 4 rings (SSSR count). The van der Waals surface area contributed by atoms with Gasteiger partial charge in [0.2, 0.25) is 0 Å². The molecule has 150 valence electrons. The minimum absolute atomic E-state index is 0.0997. The molecule has 0 bridgehead atoms. The number of alkyl halides is 3. The molecule has 4 aromatic rings. The van der Waals surface area contributed by atoms with Gasteiger partial charge in [0.15, 0.2) is 11.0 Å². The molecule has 0 fully saturated rings. The van der Waals surface area contributed by atoms with Crippen LogP contribution >= 0.6 is 23.1 Å². The van der Waals surface area contributed by atoms with E-state index in [0.717, 1.165) is 12.1 Å². The number of fused-ring (bicyclic) bond motifs is 1. The van der Waals surface area contributed by atoms with Gasteiger partial charge in [0.1, 0.15) is 4.70 Å². The third-order valence-corrected chi connectivity index (χ3v) is 6.01. The van der Waals surface area contributed by atoms with Gasteiger partial charge in [-0.25, -0.2) is 4.98 Å². The zero-order chi connectivity index (χ0) is 20.6. The highest BCUT2D eigenvalue weighted by atomic mass is 32.2. The standard InChI is InChI=1S/C17H13F3N6OS2/c1-2-25-15(27)14-12(7-8-28-14)21-16(25)29-9-13-22-23-24-26(13)11-5-3-10(4-6-11)17(18,19)20/h3-8H,2,9H2,1H3. The predicted molar refractivity (Wildman–Crippen MR) is 103 cm³/mol. The van der Waals surface area contributed by atoms with Crippen LogP contribution in [-0.4, -0.2) is 29.8 Å². The van der Waals surface area contributed by atoms with Crippen molar-refractivity contribution in [2.24, 2.45) is 0 Å². The van der Waals surface area contributed by atoms with Crippen LogP contribution in [0.1, 0.15) is 18.3 Å². The number of thioether (sulfide) groups is 1. The number of halogens is 3. The van der Waals surface area contributed by atoms with E-state index in [1.165, 1.54) is 39.9 Å². The summed E-state index contributed by atoms with van der Waals surface area (Å²) in [5.41, 5.74) is 0.199. The highest BCUT2D eigenvalue weighted by Crippen LogP contribution is 2.30. The molecule has 29 heavy (non-hydrogen) atoms. The maximum atomic E-state index is 12.8. The number of hydrogen-bond donors (Lipinski definition) is 0. The summed E-state index contributed by atoms with van der Waals surface area (Å²) < 4.78 is 41.8. The van der Waals surface area contributed by atoms with E-state index in [9.17, 15) is 18.0 Å². The SMILES string of the molecule is CCn1c(SCc2nnnn2-c2ccc(C(F)(F)F)cc2)nc2ccsc2c1=O. The monoisotopic (exact) mass is 438 g/mol. The van der Waals surface area contributed by atoms with Crippen LogP contribution in [0.4, 0.5) is 13.2 Å². The Labute approximate surface area is 170 Å². The topological polar surface area (TPSA) is 78.5 Å². The van der Waals surface area contributed by atoms with Gasteiger partial charge in [-0.3, -0.25) is 9.36 Å². The first-order valence-electron chi connectivity index (χ1n) is 8.44. The van der Waals surface area contributed by atoms with E-state index in [2.05, 4.69) is 20.5 Å². The molecule has 0 atom stereocenters. The Morgan fingerprint density at radius 1 is 1.17 bits per heavy atom. The van der Waals surface area contributed by atoms with Crippen molar-refractivity contribution in [3.8, 4) is 5.69 Å². The van der Waals surface area contributed by atoms with Crippen LogP contribution in [0.15, 0.2) is 45.7 Å². The largest absolute Gasteiger partial charge is 0.416 e. The van der Waals surface area contributed by atoms with Gasteiger partial charge in [-0.05, 0) is 53.1 Å². The number of aromatic nitrogens is 6. The van der Waals surface area contributed by atoms with Gasteiger partial charge in [0.05, 0.1) is 22.5 Å². The van der Waals surface area contributed by atoms with Crippen molar-refractivity contribution >= 4 is 33.3 Å². The predicted octanol–water partition coefficient (Wildman–Crippen LogP) is 3.76. The Balaban J connectivity index is 1.61. The van der Waals surface area contributed by atoms with Crippen LogP contribution in [-0.2, 0) is 18.5 Å². The first-order valence-corrected chi connectivity index (χ1v) is 10.3. The van der Waals surface area contributed by atoms with Gasteiger partial charge >= 0.3 is 6.18 Å². The summed E-state index contributed by atoms with van der Waals surface area (Å²) in [4.78, 5) is 17.1. The Morgan fingerprint density at radius 3 is 2.62 bits per heavy atom. The van der Waals surface area contributed by atoms with Crippen LogP contribution in [0.25, 0.3) is 15.9 Å². The second kappa shape index (κ2) is 7.59. The van der Waals surface area contributed by atoms with Crippen LogP contribution in [0, 0.1) is 0 Å². The summed E-state index contributed by atoms with van der Waals surface area (Å²) >= 11 is 2.64. The maximum Gasteiger partial charge on any atom is 0.416 e. The van der Waals surface area contributed by atoms with Gasteiger partial charge in [0, 0.05) is 6.54 Å². The quantitative estimate of drug-likeness (QED) is 0.349. The molecule has 0 amide bonds. The number of rotatable bonds is 5. The molecule has 0 aliphatic heterocycles. The average molecular weight is 438 g/mol. The van der Waals surface area contributed by atoms with Crippen LogP contribution in [0.3, 0.4) is 0 Å². The van der Waals surface area contributed by atoms with E-state index < -0.39 is 11.7 Å². The Bertz CT molecular complexity index is 1210. The second-order valence-corrected chi connectivity index (χ2v) is 7.78. The van der Waals surface area contributed by atoms with Gasteiger partial charge in [-0.2, -0.15) is 17.9 Å². The Kier molecular flexibility index (Phi) is 5.13. The van der Waals surface area contributed by atoms with Crippen molar-refractivity contribution in [3.63, 3.8) is 0 Å². The van der Waals surface area contributed by atoms with Gasteiger partial charge < -0.3 is 0 Å². The van der Waals surface area contributed by atoms with E-state index >= 15 is 0 Å². The normalized spacial score (nSPS) is 12.0. The van der Waals surface area contributed by atoms with Crippen molar-refractivity contribution < 1.29 is 13.2 Å². The number of hydrogen-bond acceptors (Lipinski definition) is 7. The van der Waals surface area contributed by atoms with Gasteiger partial charge in [-0.15, -0.1) is 16.4 Å². The number of nitrogens with zero attached hydrogens (tertiary/aromatic N) is 6. The van der Waals surface area contributed by atoms with Crippen LogP contribution in [0.5, 0.6) is 0 Å². The molecule has 1 aromatic carbocycles. The zero-order valence-electron chi connectivity index (χ0n) is 14.9. The lowest BCUT2D eigenvalue weighted by Gasteiger charge is -2.10. The first kappa shape index (κ1) is 19.6. The summed E-state index contributed by atoms with van der Waals surface area (Å²) in [5.74, 6) is 0.716. The smallest absolute Gasteiger partial charge is 0.287 e. The molecule has 0 N–H and O–H groups in total. The first-order chi connectivity index (χ1) is 13.9. The van der Waals surface area contributed by atoms with E-state index in [-0.39, 0.29) is 11.3 Å². The molecular formula is C17H13F3N6OS2. The summed E-state index contributed by atoms with van der Waals surface area (Å²) in [6.45, 7) is 2.32. The fourth-order valence-electron chi connectivity index (χ4n) is 2.73. The highest BCUT2D eigenvalue weighted by molar-refractivity contribution is 7.98. The molecule has 7 nitrogen and oxygen atoms in total. The van der Waals surface area contributed by atoms with Crippen molar-refractivity contribution in [1.82, 2.24) is 29.8 Å². The van der Waals surface area contributed by atoms with Crippen molar-refractivity contribution in [3.05, 3.63) is 57.5 Å². The van der Waals surface area contributed by atoms with Gasteiger partial charge in [-0.1, -0.05) is 11.8 Å². The minimum Gasteiger partial charge on any atom is -0.287 e. The van der Waals surface area contributed by atoms with Crippen molar-refractivity contribution in [2.75, 3.05) is 0 Å². The van der Waals surface area contributed by atoms with Crippen LogP contribution < -0.4 is 5.56 Å². The molecule has 0 saturated heterocycles. The van der Waals surface area contributed by atoms with E-state index in [4.69, 9.17) is 0 Å². The average Bonchev–Trinajstić information content (AvgIpc) is 3.35. The zero-order valence-corrected chi connectivity index (χ0v) is 16.6.